The first-order valence-electron chi connectivity index (χ1n) is 13.5. The first-order chi connectivity index (χ1) is 17.4. The molecule has 0 aliphatic heterocycles. The summed E-state index contributed by atoms with van der Waals surface area (Å²) in [7, 11) is 0. The zero-order chi connectivity index (χ0) is 26.2. The van der Waals surface area contributed by atoms with Crippen molar-refractivity contribution in [2.45, 2.75) is 88.8 Å². The molecule has 1 saturated carbocycles. The van der Waals surface area contributed by atoms with Crippen LogP contribution in [0.2, 0.25) is 0 Å². The molecule has 0 bridgehead atoms. The van der Waals surface area contributed by atoms with Gasteiger partial charge in [0.2, 0.25) is 17.7 Å². The van der Waals surface area contributed by atoms with Gasteiger partial charge in [-0.05, 0) is 88.8 Å². The van der Waals surface area contributed by atoms with Gasteiger partial charge in [0.15, 0.2) is 0 Å². The van der Waals surface area contributed by atoms with Gasteiger partial charge in [0.1, 0.15) is 12.1 Å². The van der Waals surface area contributed by atoms with E-state index >= 15 is 0 Å². The fourth-order valence-electron chi connectivity index (χ4n) is 4.58. The number of hydrogen-bond donors (Lipinski definition) is 6. The molecule has 2 atom stereocenters. The maximum Gasteiger partial charge on any atom is 0.243 e. The van der Waals surface area contributed by atoms with E-state index in [4.69, 9.17) is 17.2 Å². The van der Waals surface area contributed by atoms with Crippen LogP contribution in [0.1, 0.15) is 69.8 Å². The number of carbonyl (C=O) groups is 3. The SMILES string of the molecule is NCCCC[C@H](NC(=O)Cc1ccccc1)C(=O)N[C@@H](CCCCN)C(=O)NCC1CCC(N)CC1. The first-order valence-corrected chi connectivity index (χ1v) is 13.5. The molecule has 1 aromatic carbocycles. The average Bonchev–Trinajstić information content (AvgIpc) is 2.87. The molecule has 1 aliphatic rings. The highest BCUT2D eigenvalue weighted by Gasteiger charge is 2.27. The molecule has 36 heavy (non-hydrogen) atoms. The highest BCUT2D eigenvalue weighted by molar-refractivity contribution is 5.92. The van der Waals surface area contributed by atoms with Gasteiger partial charge in [0.05, 0.1) is 6.42 Å². The molecule has 2 rings (SSSR count). The normalized spacial score (nSPS) is 19.2. The Morgan fingerprint density at radius 2 is 1.39 bits per heavy atom. The van der Waals surface area contributed by atoms with E-state index in [1.807, 2.05) is 30.3 Å². The van der Waals surface area contributed by atoms with Gasteiger partial charge < -0.3 is 33.2 Å². The lowest BCUT2D eigenvalue weighted by Gasteiger charge is -2.27. The average molecular weight is 503 g/mol. The Morgan fingerprint density at radius 3 is 1.97 bits per heavy atom. The minimum absolute atomic E-state index is 0.187. The number of carbonyl (C=O) groups excluding carboxylic acids is 3. The number of unbranched alkanes of at least 4 members (excludes halogenated alkanes) is 2. The molecule has 1 aliphatic carbocycles. The van der Waals surface area contributed by atoms with Gasteiger partial charge in [0, 0.05) is 12.6 Å². The largest absolute Gasteiger partial charge is 0.354 e. The van der Waals surface area contributed by atoms with Crippen molar-refractivity contribution in [3.63, 3.8) is 0 Å². The molecular formula is C27H46N6O3. The van der Waals surface area contributed by atoms with Gasteiger partial charge in [-0.15, -0.1) is 0 Å². The summed E-state index contributed by atoms with van der Waals surface area (Å²) in [5.41, 5.74) is 18.1. The van der Waals surface area contributed by atoms with Crippen molar-refractivity contribution in [2.75, 3.05) is 19.6 Å². The van der Waals surface area contributed by atoms with Crippen molar-refractivity contribution >= 4 is 17.7 Å². The molecule has 0 unspecified atom stereocenters. The second kappa shape index (κ2) is 17.1. The van der Waals surface area contributed by atoms with Crippen molar-refractivity contribution in [3.8, 4) is 0 Å². The third-order valence-corrected chi connectivity index (χ3v) is 6.84. The van der Waals surface area contributed by atoms with E-state index in [2.05, 4.69) is 16.0 Å². The van der Waals surface area contributed by atoms with E-state index in [1.54, 1.807) is 0 Å². The minimum atomic E-state index is -0.725. The Morgan fingerprint density at radius 1 is 0.806 bits per heavy atom. The second-order valence-electron chi connectivity index (χ2n) is 9.94. The summed E-state index contributed by atoms with van der Waals surface area (Å²) in [4.78, 5) is 39.0. The van der Waals surface area contributed by atoms with E-state index in [0.717, 1.165) is 50.5 Å². The maximum atomic E-state index is 13.2. The fraction of sp³-hybridized carbons (Fsp3) is 0.667. The number of amides is 3. The van der Waals surface area contributed by atoms with Gasteiger partial charge in [-0.3, -0.25) is 14.4 Å². The summed E-state index contributed by atoms with van der Waals surface area (Å²) in [6.45, 7) is 1.63. The first kappa shape index (κ1) is 29.7. The predicted molar refractivity (Wildman–Crippen MR) is 143 cm³/mol. The van der Waals surface area contributed by atoms with Crippen LogP contribution in [0.5, 0.6) is 0 Å². The van der Waals surface area contributed by atoms with Crippen LogP contribution in [0, 0.1) is 5.92 Å². The van der Waals surface area contributed by atoms with Crippen molar-refractivity contribution < 1.29 is 14.4 Å². The Bertz CT molecular complexity index is 783. The predicted octanol–water partition coefficient (Wildman–Crippen LogP) is 1.09. The van der Waals surface area contributed by atoms with Crippen LogP contribution in [0.15, 0.2) is 30.3 Å². The van der Waals surface area contributed by atoms with Gasteiger partial charge in [-0.2, -0.15) is 0 Å². The Labute approximate surface area is 215 Å². The molecule has 202 valence electrons. The zero-order valence-electron chi connectivity index (χ0n) is 21.6. The van der Waals surface area contributed by atoms with Crippen LogP contribution in [0.3, 0.4) is 0 Å². The van der Waals surface area contributed by atoms with Gasteiger partial charge >= 0.3 is 0 Å². The van der Waals surface area contributed by atoms with E-state index in [0.29, 0.717) is 44.8 Å². The Balaban J connectivity index is 1.98. The lowest BCUT2D eigenvalue weighted by Crippen LogP contribution is -2.54. The smallest absolute Gasteiger partial charge is 0.243 e. The third-order valence-electron chi connectivity index (χ3n) is 6.84. The number of benzene rings is 1. The lowest BCUT2D eigenvalue weighted by atomic mass is 9.86. The maximum absolute atomic E-state index is 13.2. The summed E-state index contributed by atoms with van der Waals surface area (Å²) in [5.74, 6) is -0.347. The molecule has 1 aromatic rings. The molecule has 9 nitrogen and oxygen atoms in total. The monoisotopic (exact) mass is 502 g/mol. The molecule has 0 aromatic heterocycles. The van der Waals surface area contributed by atoms with Crippen LogP contribution in [0.25, 0.3) is 0 Å². The lowest BCUT2D eigenvalue weighted by molar-refractivity contribution is -0.132. The van der Waals surface area contributed by atoms with Crippen molar-refractivity contribution in [2.24, 2.45) is 23.1 Å². The summed E-state index contributed by atoms with van der Waals surface area (Å²) in [5, 5.41) is 8.81. The third kappa shape index (κ3) is 11.5. The van der Waals surface area contributed by atoms with Gasteiger partial charge in [0.25, 0.3) is 0 Å². The van der Waals surface area contributed by atoms with Crippen LogP contribution in [-0.4, -0.2) is 55.5 Å². The Kier molecular flexibility index (Phi) is 14.1. The van der Waals surface area contributed by atoms with Crippen molar-refractivity contribution in [1.29, 1.82) is 0 Å². The highest BCUT2D eigenvalue weighted by Crippen LogP contribution is 2.22. The van der Waals surface area contributed by atoms with E-state index in [1.165, 1.54) is 0 Å². The highest BCUT2D eigenvalue weighted by atomic mass is 16.2. The summed E-state index contributed by atoms with van der Waals surface area (Å²) < 4.78 is 0. The number of rotatable bonds is 16. The molecule has 0 heterocycles. The molecular weight excluding hydrogens is 456 g/mol. The van der Waals surface area contributed by atoms with E-state index in [-0.39, 0.29) is 30.2 Å². The van der Waals surface area contributed by atoms with E-state index < -0.39 is 12.1 Å². The van der Waals surface area contributed by atoms with Crippen LogP contribution < -0.4 is 33.2 Å². The molecule has 9 heteroatoms. The molecule has 0 radical (unpaired) electrons. The summed E-state index contributed by atoms with van der Waals surface area (Å²) in [6, 6.07) is 8.26. The zero-order valence-corrected chi connectivity index (χ0v) is 21.6. The number of hydrogen-bond acceptors (Lipinski definition) is 6. The quantitative estimate of drug-likeness (QED) is 0.185. The minimum Gasteiger partial charge on any atom is -0.354 e. The van der Waals surface area contributed by atoms with Crippen LogP contribution in [-0.2, 0) is 20.8 Å². The molecule has 9 N–H and O–H groups in total. The van der Waals surface area contributed by atoms with Crippen LogP contribution >= 0.6 is 0 Å². The van der Waals surface area contributed by atoms with Gasteiger partial charge in [-0.25, -0.2) is 0 Å². The molecule has 0 spiro atoms. The molecule has 0 saturated heterocycles. The van der Waals surface area contributed by atoms with Crippen molar-refractivity contribution in [1.82, 2.24) is 16.0 Å². The van der Waals surface area contributed by atoms with Crippen molar-refractivity contribution in [3.05, 3.63) is 35.9 Å². The standard InChI is InChI=1S/C27H46N6O3/c28-16-6-4-10-23(26(35)31-19-21-12-14-22(30)15-13-21)33-27(36)24(11-5-7-17-29)32-25(34)18-20-8-2-1-3-9-20/h1-3,8-9,21-24H,4-7,10-19,28-30H2,(H,31,35)(H,32,34)(H,33,36)/t21?,22?,23-,24-/m0/s1. The van der Waals surface area contributed by atoms with E-state index in [9.17, 15) is 14.4 Å². The number of nitrogens with two attached hydrogens (primary N) is 3. The molecule has 3 amide bonds. The molecule has 1 fully saturated rings. The number of nitrogens with one attached hydrogen (secondary N) is 3. The van der Waals surface area contributed by atoms with Gasteiger partial charge in [-0.1, -0.05) is 30.3 Å². The van der Waals surface area contributed by atoms with Crippen LogP contribution in [0.4, 0.5) is 0 Å². The second-order valence-corrected chi connectivity index (χ2v) is 9.94. The summed E-state index contributed by atoms with van der Waals surface area (Å²) in [6.07, 6.45) is 8.06. The fourth-order valence-corrected chi connectivity index (χ4v) is 4.58. The summed E-state index contributed by atoms with van der Waals surface area (Å²) >= 11 is 0. The topological polar surface area (TPSA) is 165 Å². The Hall–Kier alpha value is -2.49.